The molecule has 1 saturated carbocycles. The third kappa shape index (κ3) is 1.36. The Balaban J connectivity index is 2.03. The molecule has 96 valence electrons. The van der Waals surface area contributed by atoms with E-state index in [9.17, 15) is 9.59 Å². The zero-order chi connectivity index (χ0) is 13.1. The summed E-state index contributed by atoms with van der Waals surface area (Å²) in [6.07, 6.45) is 5.47. The SMILES string of the molecule is C=C1C(=O)O[C@H]2[C@H]3[C@H](C)C(=O)C=C[C@]3(C)CC[C@@H]12. The molecule has 0 amide bonds. The molecule has 3 aliphatic rings. The maximum atomic E-state index is 11.9. The van der Waals surface area contributed by atoms with Crippen LogP contribution in [-0.4, -0.2) is 17.9 Å². The molecule has 5 atom stereocenters. The Hall–Kier alpha value is -1.38. The van der Waals surface area contributed by atoms with Crippen molar-refractivity contribution < 1.29 is 14.3 Å². The molecule has 1 heterocycles. The fourth-order valence-electron chi connectivity index (χ4n) is 3.95. The first-order valence-corrected chi connectivity index (χ1v) is 6.57. The summed E-state index contributed by atoms with van der Waals surface area (Å²) in [6, 6.07) is 0. The van der Waals surface area contributed by atoms with Crippen LogP contribution >= 0.6 is 0 Å². The van der Waals surface area contributed by atoms with Gasteiger partial charge in [0.15, 0.2) is 5.78 Å². The van der Waals surface area contributed by atoms with Crippen molar-refractivity contribution in [2.45, 2.75) is 32.8 Å². The van der Waals surface area contributed by atoms with Crippen molar-refractivity contribution in [3.05, 3.63) is 24.3 Å². The minimum Gasteiger partial charge on any atom is -0.458 e. The second-order valence-electron chi connectivity index (χ2n) is 6.10. The minimum absolute atomic E-state index is 0.0284. The van der Waals surface area contributed by atoms with Gasteiger partial charge in [-0.1, -0.05) is 26.5 Å². The normalized spacial score (nSPS) is 46.7. The molecule has 0 unspecified atom stereocenters. The van der Waals surface area contributed by atoms with Crippen LogP contribution in [0.25, 0.3) is 0 Å². The largest absolute Gasteiger partial charge is 0.458 e. The highest BCUT2D eigenvalue weighted by atomic mass is 16.6. The van der Waals surface area contributed by atoms with Gasteiger partial charge in [0.2, 0.25) is 0 Å². The molecule has 2 fully saturated rings. The Morgan fingerprint density at radius 2 is 2.17 bits per heavy atom. The molecule has 0 aromatic heterocycles. The molecule has 1 saturated heterocycles. The van der Waals surface area contributed by atoms with Gasteiger partial charge in [0, 0.05) is 23.3 Å². The molecule has 3 nitrogen and oxygen atoms in total. The minimum atomic E-state index is -0.275. The number of esters is 1. The molecule has 18 heavy (non-hydrogen) atoms. The van der Waals surface area contributed by atoms with Crippen LogP contribution in [0.5, 0.6) is 0 Å². The van der Waals surface area contributed by atoms with Crippen LogP contribution in [0.15, 0.2) is 24.3 Å². The zero-order valence-electron chi connectivity index (χ0n) is 10.8. The molecule has 3 heteroatoms. The van der Waals surface area contributed by atoms with Gasteiger partial charge in [0.1, 0.15) is 6.10 Å². The van der Waals surface area contributed by atoms with Gasteiger partial charge in [0.05, 0.1) is 0 Å². The van der Waals surface area contributed by atoms with Gasteiger partial charge in [-0.3, -0.25) is 4.79 Å². The van der Waals surface area contributed by atoms with Crippen molar-refractivity contribution in [2.75, 3.05) is 0 Å². The fourth-order valence-corrected chi connectivity index (χ4v) is 3.95. The summed E-state index contributed by atoms with van der Waals surface area (Å²) >= 11 is 0. The quantitative estimate of drug-likeness (QED) is 0.486. The summed E-state index contributed by atoms with van der Waals surface area (Å²) in [5.41, 5.74) is 0.565. The van der Waals surface area contributed by atoms with Gasteiger partial charge in [-0.05, 0) is 24.3 Å². The lowest BCUT2D eigenvalue weighted by Gasteiger charge is -2.48. The van der Waals surface area contributed by atoms with E-state index < -0.39 is 0 Å². The van der Waals surface area contributed by atoms with Gasteiger partial charge < -0.3 is 4.74 Å². The third-order valence-electron chi connectivity index (χ3n) is 5.07. The van der Waals surface area contributed by atoms with Crippen molar-refractivity contribution in [3.63, 3.8) is 0 Å². The van der Waals surface area contributed by atoms with Gasteiger partial charge in [-0.25, -0.2) is 4.79 Å². The number of hydrogen-bond donors (Lipinski definition) is 0. The van der Waals surface area contributed by atoms with E-state index in [1.165, 1.54) is 0 Å². The summed E-state index contributed by atoms with van der Waals surface area (Å²) in [4.78, 5) is 23.6. The van der Waals surface area contributed by atoms with E-state index in [-0.39, 0.29) is 41.0 Å². The van der Waals surface area contributed by atoms with Gasteiger partial charge in [-0.15, -0.1) is 0 Å². The highest BCUT2D eigenvalue weighted by Crippen LogP contribution is 2.54. The molecule has 0 spiro atoms. The highest BCUT2D eigenvalue weighted by molar-refractivity contribution is 5.94. The first kappa shape index (κ1) is 11.7. The topological polar surface area (TPSA) is 43.4 Å². The van der Waals surface area contributed by atoms with Crippen LogP contribution in [0.2, 0.25) is 0 Å². The Morgan fingerprint density at radius 1 is 1.44 bits per heavy atom. The molecule has 0 aromatic rings. The number of carbonyl (C=O) groups excluding carboxylic acids is 2. The standard InChI is InChI=1S/C15H18O3/c1-8-10-4-6-15(3)7-5-11(16)9(2)12(15)13(10)18-14(8)17/h5,7,9-10,12-13H,1,4,6H2,2-3H3/t9-,10+,12-,13-,15+/m1/s1. The molecule has 0 aromatic carbocycles. The number of fused-ring (bicyclic) bond motifs is 3. The van der Waals surface area contributed by atoms with Crippen molar-refractivity contribution in [1.29, 1.82) is 0 Å². The maximum absolute atomic E-state index is 11.9. The van der Waals surface area contributed by atoms with Gasteiger partial charge >= 0.3 is 5.97 Å². The van der Waals surface area contributed by atoms with Crippen LogP contribution < -0.4 is 0 Å². The van der Waals surface area contributed by atoms with Crippen LogP contribution in [0.1, 0.15) is 26.7 Å². The van der Waals surface area contributed by atoms with Crippen LogP contribution in [0.4, 0.5) is 0 Å². The molecule has 2 aliphatic carbocycles. The number of ketones is 1. The Morgan fingerprint density at radius 3 is 2.89 bits per heavy atom. The molecular formula is C15H18O3. The number of hydrogen-bond acceptors (Lipinski definition) is 3. The second-order valence-corrected chi connectivity index (χ2v) is 6.10. The van der Waals surface area contributed by atoms with Gasteiger partial charge in [-0.2, -0.15) is 0 Å². The van der Waals surface area contributed by atoms with E-state index >= 15 is 0 Å². The predicted molar refractivity (Wildman–Crippen MR) is 66.7 cm³/mol. The summed E-state index contributed by atoms with van der Waals surface area (Å²) in [6.45, 7) is 7.97. The second kappa shape index (κ2) is 3.56. The van der Waals surface area contributed by atoms with E-state index in [1.54, 1.807) is 6.08 Å². The molecule has 1 aliphatic heterocycles. The molecule has 0 radical (unpaired) electrons. The van der Waals surface area contributed by atoms with E-state index in [4.69, 9.17) is 4.74 Å². The van der Waals surface area contributed by atoms with E-state index in [0.29, 0.717) is 5.57 Å². The number of ether oxygens (including phenoxy) is 1. The zero-order valence-corrected chi connectivity index (χ0v) is 10.8. The smallest absolute Gasteiger partial charge is 0.334 e. The average Bonchev–Trinajstić information content (AvgIpc) is 2.60. The van der Waals surface area contributed by atoms with Crippen molar-refractivity contribution in [2.24, 2.45) is 23.2 Å². The summed E-state index contributed by atoms with van der Waals surface area (Å²) in [7, 11) is 0. The first-order chi connectivity index (χ1) is 8.44. The summed E-state index contributed by atoms with van der Waals surface area (Å²) in [5, 5.41) is 0. The highest BCUT2D eigenvalue weighted by Gasteiger charge is 2.56. The van der Waals surface area contributed by atoms with E-state index in [2.05, 4.69) is 13.5 Å². The fraction of sp³-hybridized carbons (Fsp3) is 0.600. The maximum Gasteiger partial charge on any atom is 0.334 e. The van der Waals surface area contributed by atoms with Crippen molar-refractivity contribution in [1.82, 2.24) is 0 Å². The van der Waals surface area contributed by atoms with Crippen molar-refractivity contribution in [3.8, 4) is 0 Å². The number of allylic oxidation sites excluding steroid dienone is 2. The Kier molecular flexibility index (Phi) is 2.31. The Bertz CT molecular complexity index is 476. The van der Waals surface area contributed by atoms with E-state index in [0.717, 1.165) is 12.8 Å². The molecule has 3 rings (SSSR count). The lowest BCUT2D eigenvalue weighted by molar-refractivity contribution is -0.149. The number of carbonyl (C=O) groups is 2. The monoisotopic (exact) mass is 246 g/mol. The molecule has 0 N–H and O–H groups in total. The molecular weight excluding hydrogens is 228 g/mol. The average molecular weight is 246 g/mol. The van der Waals surface area contributed by atoms with Crippen molar-refractivity contribution >= 4 is 11.8 Å². The predicted octanol–water partition coefficient (Wildman–Crippen LogP) is 2.28. The van der Waals surface area contributed by atoms with E-state index in [1.807, 2.05) is 13.0 Å². The van der Waals surface area contributed by atoms with Crippen LogP contribution in [0.3, 0.4) is 0 Å². The lowest BCUT2D eigenvalue weighted by atomic mass is 9.56. The Labute approximate surface area is 107 Å². The lowest BCUT2D eigenvalue weighted by Crippen LogP contribution is -2.49. The number of rotatable bonds is 0. The van der Waals surface area contributed by atoms with Gasteiger partial charge in [0.25, 0.3) is 0 Å². The summed E-state index contributed by atoms with van der Waals surface area (Å²) in [5.74, 6) is -0.00378. The summed E-state index contributed by atoms with van der Waals surface area (Å²) < 4.78 is 5.51. The molecule has 0 bridgehead atoms. The van der Waals surface area contributed by atoms with Crippen LogP contribution in [0, 0.1) is 23.2 Å². The first-order valence-electron chi connectivity index (χ1n) is 6.57. The third-order valence-corrected chi connectivity index (χ3v) is 5.07. The van der Waals surface area contributed by atoms with Crippen LogP contribution in [-0.2, 0) is 14.3 Å².